The van der Waals surface area contributed by atoms with Crippen molar-refractivity contribution in [3.05, 3.63) is 77.7 Å². The maximum Gasteiger partial charge on any atom is 0.260 e. The highest BCUT2D eigenvalue weighted by Gasteiger charge is 2.13. The molecule has 0 saturated carbocycles. The molecule has 25 heavy (non-hydrogen) atoms. The lowest BCUT2D eigenvalue weighted by Gasteiger charge is -2.09. The van der Waals surface area contributed by atoms with Crippen LogP contribution in [0.1, 0.15) is 22.8 Å². The normalized spacial score (nSPS) is 10.5. The predicted octanol–water partition coefficient (Wildman–Crippen LogP) is 3.72. The zero-order valence-corrected chi connectivity index (χ0v) is 13.8. The molecule has 2 aromatic carbocycles. The second kappa shape index (κ2) is 7.61. The van der Waals surface area contributed by atoms with Crippen molar-refractivity contribution in [2.75, 3.05) is 11.9 Å². The number of carbonyl (C=O) groups is 1. The number of anilines is 1. The Morgan fingerprint density at radius 1 is 1.16 bits per heavy atom. The number of rotatable bonds is 6. The molecule has 0 aliphatic heterocycles. The van der Waals surface area contributed by atoms with Gasteiger partial charge >= 0.3 is 0 Å². The maximum absolute atomic E-state index is 12.9. The van der Waals surface area contributed by atoms with Crippen molar-refractivity contribution >= 4 is 11.7 Å². The van der Waals surface area contributed by atoms with Gasteiger partial charge in [-0.25, -0.2) is 4.39 Å². The van der Waals surface area contributed by atoms with Crippen LogP contribution < -0.4 is 10.1 Å². The fourth-order valence-corrected chi connectivity index (χ4v) is 2.41. The monoisotopic (exact) mass is 339 g/mol. The molecular formula is C19H18FN3O2. The summed E-state index contributed by atoms with van der Waals surface area (Å²) >= 11 is 0. The van der Waals surface area contributed by atoms with Gasteiger partial charge in [-0.15, -0.1) is 0 Å². The van der Waals surface area contributed by atoms with E-state index < -0.39 is 0 Å². The minimum absolute atomic E-state index is 0.273. The number of nitrogens with one attached hydrogen (secondary N) is 1. The van der Waals surface area contributed by atoms with Gasteiger partial charge in [0.2, 0.25) is 0 Å². The summed E-state index contributed by atoms with van der Waals surface area (Å²) in [6, 6.07) is 15.0. The number of halogens is 1. The third-order valence-corrected chi connectivity index (χ3v) is 3.57. The fourth-order valence-electron chi connectivity index (χ4n) is 2.41. The lowest BCUT2D eigenvalue weighted by atomic mass is 10.2. The van der Waals surface area contributed by atoms with E-state index in [1.807, 2.05) is 13.0 Å². The number of ether oxygens (including phenoxy) is 1. The average Bonchev–Trinajstić information content (AvgIpc) is 3.04. The fraction of sp³-hybridized carbons (Fsp3) is 0.158. The number of amides is 1. The van der Waals surface area contributed by atoms with Crippen molar-refractivity contribution in [1.29, 1.82) is 0 Å². The standard InChI is InChI=1S/C19H18FN3O2/c1-2-25-17-6-4-3-5-16(17)19(24)21-18-11-12-23(22-18)13-14-7-9-15(20)10-8-14/h3-12H,2,13H2,1H3,(H,21,22,24). The van der Waals surface area contributed by atoms with Gasteiger partial charge < -0.3 is 10.1 Å². The first-order chi connectivity index (χ1) is 12.2. The Balaban J connectivity index is 1.69. The minimum Gasteiger partial charge on any atom is -0.493 e. The topological polar surface area (TPSA) is 56.1 Å². The molecule has 0 aliphatic rings. The third kappa shape index (κ3) is 4.23. The van der Waals surface area contributed by atoms with E-state index in [2.05, 4.69) is 10.4 Å². The van der Waals surface area contributed by atoms with Crippen molar-refractivity contribution in [2.45, 2.75) is 13.5 Å². The molecule has 0 radical (unpaired) electrons. The lowest BCUT2D eigenvalue weighted by molar-refractivity contribution is 0.102. The van der Waals surface area contributed by atoms with E-state index in [-0.39, 0.29) is 11.7 Å². The Morgan fingerprint density at radius 3 is 2.68 bits per heavy atom. The van der Waals surface area contributed by atoms with Gasteiger partial charge in [-0.1, -0.05) is 24.3 Å². The van der Waals surface area contributed by atoms with E-state index in [9.17, 15) is 9.18 Å². The van der Waals surface area contributed by atoms with Gasteiger partial charge in [0, 0.05) is 12.3 Å². The summed E-state index contributed by atoms with van der Waals surface area (Å²) in [4.78, 5) is 12.4. The van der Waals surface area contributed by atoms with Gasteiger partial charge in [0.05, 0.1) is 18.7 Å². The Kier molecular flexibility index (Phi) is 5.09. The molecule has 6 heteroatoms. The van der Waals surface area contributed by atoms with Gasteiger partial charge in [0.15, 0.2) is 5.82 Å². The van der Waals surface area contributed by atoms with Crippen LogP contribution in [0, 0.1) is 5.82 Å². The minimum atomic E-state index is -0.281. The van der Waals surface area contributed by atoms with E-state index in [0.717, 1.165) is 5.56 Å². The summed E-state index contributed by atoms with van der Waals surface area (Å²) in [5.74, 6) is 0.424. The molecule has 1 N–H and O–H groups in total. The van der Waals surface area contributed by atoms with Gasteiger partial charge in [-0.05, 0) is 36.8 Å². The quantitative estimate of drug-likeness (QED) is 0.745. The number of hydrogen-bond donors (Lipinski definition) is 1. The molecule has 0 saturated heterocycles. The molecule has 0 bridgehead atoms. The van der Waals surface area contributed by atoms with Crippen LogP contribution in [0.2, 0.25) is 0 Å². The predicted molar refractivity (Wildman–Crippen MR) is 93.3 cm³/mol. The average molecular weight is 339 g/mol. The van der Waals surface area contributed by atoms with Crippen LogP contribution in [0.3, 0.4) is 0 Å². The van der Waals surface area contributed by atoms with E-state index in [0.29, 0.717) is 30.3 Å². The molecule has 128 valence electrons. The largest absolute Gasteiger partial charge is 0.493 e. The van der Waals surface area contributed by atoms with E-state index >= 15 is 0 Å². The highest BCUT2D eigenvalue weighted by Crippen LogP contribution is 2.19. The molecule has 1 aromatic heterocycles. The van der Waals surface area contributed by atoms with Gasteiger partial charge in [-0.3, -0.25) is 9.48 Å². The Morgan fingerprint density at radius 2 is 1.92 bits per heavy atom. The Hall–Kier alpha value is -3.15. The molecule has 5 nitrogen and oxygen atoms in total. The summed E-state index contributed by atoms with van der Waals surface area (Å²) in [6.07, 6.45) is 1.76. The van der Waals surface area contributed by atoms with Crippen molar-refractivity contribution in [1.82, 2.24) is 9.78 Å². The highest BCUT2D eigenvalue weighted by atomic mass is 19.1. The van der Waals surface area contributed by atoms with E-state index in [4.69, 9.17) is 4.74 Å². The molecule has 0 atom stereocenters. The van der Waals surface area contributed by atoms with Crippen LogP contribution in [0.4, 0.5) is 10.2 Å². The van der Waals surface area contributed by atoms with Crippen LogP contribution in [-0.4, -0.2) is 22.3 Å². The second-order valence-corrected chi connectivity index (χ2v) is 5.41. The maximum atomic E-state index is 12.9. The first-order valence-electron chi connectivity index (χ1n) is 7.97. The molecule has 1 amide bonds. The van der Waals surface area contributed by atoms with Crippen LogP contribution in [0.5, 0.6) is 5.75 Å². The molecule has 0 spiro atoms. The number of nitrogens with zero attached hydrogens (tertiary/aromatic N) is 2. The third-order valence-electron chi connectivity index (χ3n) is 3.57. The number of hydrogen-bond acceptors (Lipinski definition) is 3. The zero-order chi connectivity index (χ0) is 17.6. The van der Waals surface area contributed by atoms with Gasteiger partial charge in [0.25, 0.3) is 5.91 Å². The number of para-hydroxylation sites is 1. The molecule has 0 fully saturated rings. The first kappa shape index (κ1) is 16.7. The van der Waals surface area contributed by atoms with Gasteiger partial charge in [0.1, 0.15) is 11.6 Å². The van der Waals surface area contributed by atoms with Crippen LogP contribution in [0.25, 0.3) is 0 Å². The van der Waals surface area contributed by atoms with Crippen molar-refractivity contribution in [2.24, 2.45) is 0 Å². The summed E-state index contributed by atoms with van der Waals surface area (Å²) < 4.78 is 20.1. The zero-order valence-electron chi connectivity index (χ0n) is 13.8. The van der Waals surface area contributed by atoms with Crippen molar-refractivity contribution in [3.8, 4) is 5.75 Å². The second-order valence-electron chi connectivity index (χ2n) is 5.41. The first-order valence-corrected chi connectivity index (χ1v) is 7.97. The van der Waals surface area contributed by atoms with Crippen LogP contribution in [-0.2, 0) is 6.54 Å². The molecule has 0 unspecified atom stereocenters. The number of benzene rings is 2. The number of aromatic nitrogens is 2. The highest BCUT2D eigenvalue weighted by molar-refractivity contribution is 6.05. The van der Waals surface area contributed by atoms with E-state index in [1.54, 1.807) is 47.3 Å². The van der Waals surface area contributed by atoms with E-state index in [1.165, 1.54) is 12.1 Å². The Labute approximate surface area is 145 Å². The van der Waals surface area contributed by atoms with Crippen molar-refractivity contribution in [3.63, 3.8) is 0 Å². The smallest absolute Gasteiger partial charge is 0.260 e. The summed E-state index contributed by atoms with van der Waals surface area (Å²) in [6.45, 7) is 2.84. The molecule has 3 aromatic rings. The van der Waals surface area contributed by atoms with Crippen LogP contribution in [0.15, 0.2) is 60.8 Å². The molecular weight excluding hydrogens is 321 g/mol. The molecule has 3 rings (SSSR count). The summed E-state index contributed by atoms with van der Waals surface area (Å²) in [7, 11) is 0. The summed E-state index contributed by atoms with van der Waals surface area (Å²) in [5.41, 5.74) is 1.38. The SMILES string of the molecule is CCOc1ccccc1C(=O)Nc1ccn(Cc2ccc(F)cc2)n1. The van der Waals surface area contributed by atoms with Crippen LogP contribution >= 0.6 is 0 Å². The Bertz CT molecular complexity index is 859. The molecule has 0 aliphatic carbocycles. The molecule has 1 heterocycles. The number of carbonyl (C=O) groups excluding carboxylic acids is 1. The lowest BCUT2D eigenvalue weighted by Crippen LogP contribution is -2.14. The van der Waals surface area contributed by atoms with Crippen molar-refractivity contribution < 1.29 is 13.9 Å². The summed E-state index contributed by atoms with van der Waals surface area (Å²) in [5, 5.41) is 7.08. The van der Waals surface area contributed by atoms with Gasteiger partial charge in [-0.2, -0.15) is 5.10 Å².